The minimum Gasteiger partial charge on any atom is -0.293 e. The first-order valence-electron chi connectivity index (χ1n) is 7.15. The van der Waals surface area contributed by atoms with Gasteiger partial charge in [0.2, 0.25) is 0 Å². The summed E-state index contributed by atoms with van der Waals surface area (Å²) in [7, 11) is -1.57. The molecule has 0 aromatic heterocycles. The molecule has 1 saturated carbocycles. The van der Waals surface area contributed by atoms with Gasteiger partial charge >= 0.3 is 5.97 Å². The SMILES string of the molecule is C=C[Si](C)(C)c1ccc(C(=O)OOC2CCCC2)cc1. The average molecular weight is 290 g/mol. The number of carbonyl (C=O) groups is 1. The molecule has 0 bridgehead atoms. The molecular formula is C16H22O3Si. The van der Waals surface area contributed by atoms with Crippen LogP contribution < -0.4 is 5.19 Å². The van der Waals surface area contributed by atoms with Crippen molar-refractivity contribution in [1.82, 2.24) is 0 Å². The van der Waals surface area contributed by atoms with Crippen LogP contribution in [-0.2, 0) is 9.78 Å². The molecule has 0 aliphatic heterocycles. The van der Waals surface area contributed by atoms with Crippen LogP contribution in [0.1, 0.15) is 36.0 Å². The fourth-order valence-electron chi connectivity index (χ4n) is 2.30. The third kappa shape index (κ3) is 3.58. The van der Waals surface area contributed by atoms with Crippen molar-refractivity contribution in [3.63, 3.8) is 0 Å². The van der Waals surface area contributed by atoms with Crippen LogP contribution in [0.2, 0.25) is 13.1 Å². The van der Waals surface area contributed by atoms with Gasteiger partial charge in [-0.15, -0.1) is 6.58 Å². The second kappa shape index (κ2) is 6.37. The van der Waals surface area contributed by atoms with Crippen molar-refractivity contribution in [2.24, 2.45) is 0 Å². The minimum absolute atomic E-state index is 0.0744. The molecule has 1 aliphatic carbocycles. The van der Waals surface area contributed by atoms with E-state index in [2.05, 4.69) is 19.7 Å². The van der Waals surface area contributed by atoms with Crippen molar-refractivity contribution in [3.8, 4) is 0 Å². The number of hydrogen-bond donors (Lipinski definition) is 0. The molecule has 1 aliphatic rings. The van der Waals surface area contributed by atoms with Crippen molar-refractivity contribution in [2.45, 2.75) is 44.9 Å². The standard InChI is InChI=1S/C16H22O3Si/c1-4-20(2,3)15-11-9-13(10-12-15)16(17)19-18-14-7-5-6-8-14/h4,9-12,14H,1,5-8H2,2-3H3. The minimum atomic E-state index is -1.57. The molecule has 108 valence electrons. The molecule has 0 unspecified atom stereocenters. The first kappa shape index (κ1) is 15.0. The molecule has 0 spiro atoms. The fourth-order valence-corrected chi connectivity index (χ4v) is 3.56. The topological polar surface area (TPSA) is 35.5 Å². The highest BCUT2D eigenvalue weighted by Crippen LogP contribution is 2.21. The predicted octanol–water partition coefficient (Wildman–Crippen LogP) is 3.36. The summed E-state index contributed by atoms with van der Waals surface area (Å²) in [5, 5.41) is 1.25. The van der Waals surface area contributed by atoms with Gasteiger partial charge in [0.1, 0.15) is 14.2 Å². The van der Waals surface area contributed by atoms with Crippen molar-refractivity contribution in [3.05, 3.63) is 42.1 Å². The zero-order valence-corrected chi connectivity index (χ0v) is 13.2. The molecular weight excluding hydrogens is 268 g/mol. The van der Waals surface area contributed by atoms with Crippen molar-refractivity contribution >= 4 is 19.2 Å². The molecule has 4 heteroatoms. The Hall–Kier alpha value is -1.39. The summed E-state index contributed by atoms with van der Waals surface area (Å²) in [6.45, 7) is 8.33. The second-order valence-corrected chi connectivity index (χ2v) is 10.3. The molecule has 3 nitrogen and oxygen atoms in total. The van der Waals surface area contributed by atoms with Crippen molar-refractivity contribution < 1.29 is 14.6 Å². The van der Waals surface area contributed by atoms with Gasteiger partial charge in [0.05, 0.1) is 5.56 Å². The van der Waals surface area contributed by atoms with Crippen molar-refractivity contribution in [2.75, 3.05) is 0 Å². The van der Waals surface area contributed by atoms with Crippen LogP contribution in [0.3, 0.4) is 0 Å². The van der Waals surface area contributed by atoms with E-state index < -0.39 is 14.0 Å². The first-order valence-corrected chi connectivity index (χ1v) is 10.2. The number of benzene rings is 1. The molecule has 0 atom stereocenters. The monoisotopic (exact) mass is 290 g/mol. The summed E-state index contributed by atoms with van der Waals surface area (Å²) < 4.78 is 0. The maximum absolute atomic E-state index is 11.9. The van der Waals surface area contributed by atoms with Crippen LogP contribution in [0.4, 0.5) is 0 Å². The molecule has 0 amide bonds. The van der Waals surface area contributed by atoms with E-state index in [4.69, 9.17) is 9.78 Å². The molecule has 20 heavy (non-hydrogen) atoms. The summed E-state index contributed by atoms with van der Waals surface area (Å²) in [4.78, 5) is 22.0. The molecule has 1 aromatic rings. The highest BCUT2D eigenvalue weighted by Gasteiger charge is 2.21. The predicted molar refractivity (Wildman–Crippen MR) is 82.5 cm³/mol. The maximum Gasteiger partial charge on any atom is 0.373 e. The lowest BCUT2D eigenvalue weighted by Gasteiger charge is -2.17. The normalized spacial score (nSPS) is 16.1. The summed E-state index contributed by atoms with van der Waals surface area (Å²) in [6, 6.07) is 7.57. The van der Waals surface area contributed by atoms with Crippen LogP contribution in [0.15, 0.2) is 36.5 Å². The number of hydrogen-bond acceptors (Lipinski definition) is 3. The number of rotatable bonds is 5. The third-order valence-electron chi connectivity index (χ3n) is 3.94. The molecule has 0 N–H and O–H groups in total. The fraction of sp³-hybridized carbons (Fsp3) is 0.438. The Labute approximate surface area is 121 Å². The van der Waals surface area contributed by atoms with Gasteiger partial charge in [-0.25, -0.2) is 4.79 Å². The van der Waals surface area contributed by atoms with Crippen LogP contribution in [-0.4, -0.2) is 20.1 Å². The van der Waals surface area contributed by atoms with Gasteiger partial charge in [0.25, 0.3) is 0 Å². The summed E-state index contributed by atoms with van der Waals surface area (Å²) in [6.07, 6.45) is 4.33. The largest absolute Gasteiger partial charge is 0.373 e. The Morgan fingerprint density at radius 3 is 2.40 bits per heavy atom. The Kier molecular flexibility index (Phi) is 4.78. The van der Waals surface area contributed by atoms with Crippen LogP contribution >= 0.6 is 0 Å². The number of carbonyl (C=O) groups excluding carboxylic acids is 1. The third-order valence-corrected chi connectivity index (χ3v) is 6.78. The van der Waals surface area contributed by atoms with E-state index in [-0.39, 0.29) is 6.10 Å². The Balaban J connectivity index is 1.95. The van der Waals surface area contributed by atoms with Gasteiger partial charge in [0, 0.05) is 0 Å². The van der Waals surface area contributed by atoms with E-state index in [1.54, 1.807) is 12.1 Å². The highest BCUT2D eigenvalue weighted by molar-refractivity contribution is 6.93. The van der Waals surface area contributed by atoms with E-state index >= 15 is 0 Å². The van der Waals surface area contributed by atoms with Gasteiger partial charge in [0.15, 0.2) is 0 Å². The summed E-state index contributed by atoms with van der Waals surface area (Å²) in [5.41, 5.74) is 2.56. The quantitative estimate of drug-likeness (QED) is 0.474. The lowest BCUT2D eigenvalue weighted by Crippen LogP contribution is -2.39. The Morgan fingerprint density at radius 2 is 1.85 bits per heavy atom. The van der Waals surface area contributed by atoms with Gasteiger partial charge in [-0.3, -0.25) is 4.89 Å². The molecule has 0 saturated heterocycles. The first-order chi connectivity index (χ1) is 9.53. The smallest absolute Gasteiger partial charge is 0.293 e. The van der Waals surface area contributed by atoms with Gasteiger partial charge in [-0.05, 0) is 25.0 Å². The van der Waals surface area contributed by atoms with Gasteiger partial charge in [-0.2, -0.15) is 4.89 Å². The molecule has 1 aromatic carbocycles. The van der Waals surface area contributed by atoms with E-state index in [0.717, 1.165) is 25.7 Å². The lowest BCUT2D eigenvalue weighted by molar-refractivity contribution is -0.272. The summed E-state index contributed by atoms with van der Waals surface area (Å²) >= 11 is 0. The average Bonchev–Trinajstić information content (AvgIpc) is 2.98. The zero-order chi connectivity index (χ0) is 14.6. The van der Waals surface area contributed by atoms with Gasteiger partial charge < -0.3 is 0 Å². The second-order valence-electron chi connectivity index (χ2n) is 5.88. The Morgan fingerprint density at radius 1 is 1.25 bits per heavy atom. The van der Waals surface area contributed by atoms with Gasteiger partial charge in [-0.1, -0.05) is 49.0 Å². The van der Waals surface area contributed by atoms with E-state index in [1.807, 2.05) is 17.8 Å². The van der Waals surface area contributed by atoms with E-state index in [9.17, 15) is 4.79 Å². The highest BCUT2D eigenvalue weighted by atomic mass is 28.3. The molecule has 2 rings (SSSR count). The summed E-state index contributed by atoms with van der Waals surface area (Å²) in [5.74, 6) is -0.415. The zero-order valence-electron chi connectivity index (χ0n) is 12.2. The van der Waals surface area contributed by atoms with Crippen LogP contribution in [0.25, 0.3) is 0 Å². The lowest BCUT2D eigenvalue weighted by atomic mass is 10.2. The van der Waals surface area contributed by atoms with Crippen LogP contribution in [0.5, 0.6) is 0 Å². The van der Waals surface area contributed by atoms with Crippen LogP contribution in [0, 0.1) is 0 Å². The van der Waals surface area contributed by atoms with E-state index in [1.165, 1.54) is 5.19 Å². The van der Waals surface area contributed by atoms with E-state index in [0.29, 0.717) is 5.56 Å². The molecule has 0 radical (unpaired) electrons. The maximum atomic E-state index is 11.9. The van der Waals surface area contributed by atoms with Crippen molar-refractivity contribution in [1.29, 1.82) is 0 Å². The Bertz CT molecular complexity index is 473. The molecule has 1 fully saturated rings. The molecule has 0 heterocycles.